The number of alkyl halides is 3. The van der Waals surface area contributed by atoms with Crippen molar-refractivity contribution in [1.29, 1.82) is 0 Å². The summed E-state index contributed by atoms with van der Waals surface area (Å²) in [5.41, 5.74) is 2.56. The lowest BCUT2D eigenvalue weighted by atomic mass is 10.0. The highest BCUT2D eigenvalue weighted by atomic mass is 32.1. The molecule has 2 aromatic rings. The predicted octanol–water partition coefficient (Wildman–Crippen LogP) is 4.24. The van der Waals surface area contributed by atoms with E-state index in [1.54, 1.807) is 34.6 Å². The van der Waals surface area contributed by atoms with Crippen LogP contribution in [0.5, 0.6) is 0 Å². The number of primary amides is 1. The third-order valence-electron chi connectivity index (χ3n) is 6.08. The number of aromatic nitrogens is 1. The monoisotopic (exact) mass is 718 g/mol. The number of non-ortho nitro benzene ring substituents is 1. The molecule has 1 aromatic carbocycles. The van der Waals surface area contributed by atoms with E-state index >= 15 is 0 Å². The van der Waals surface area contributed by atoms with E-state index in [2.05, 4.69) is 31.6 Å². The third-order valence-corrected chi connectivity index (χ3v) is 7.02. The van der Waals surface area contributed by atoms with E-state index in [9.17, 15) is 47.3 Å². The Bertz CT molecular complexity index is 1510. The van der Waals surface area contributed by atoms with Gasteiger partial charge < -0.3 is 36.5 Å². The second-order valence-electron chi connectivity index (χ2n) is 11.6. The fraction of sp³-hybridized carbons (Fsp3) is 0.500. The van der Waals surface area contributed by atoms with Crippen LogP contribution in [0.15, 0.2) is 24.3 Å². The summed E-state index contributed by atoms with van der Waals surface area (Å²) in [6.45, 7) is 7.19. The average Bonchev–Trinajstić information content (AvgIpc) is 3.38. The van der Waals surface area contributed by atoms with Gasteiger partial charge in [0, 0.05) is 24.4 Å². The maximum absolute atomic E-state index is 13.8. The fourth-order valence-corrected chi connectivity index (χ4v) is 4.78. The third kappa shape index (κ3) is 13.8. The maximum Gasteiger partial charge on any atom is 0.434 e. The van der Waals surface area contributed by atoms with Gasteiger partial charge >= 0.3 is 24.4 Å². The summed E-state index contributed by atoms with van der Waals surface area (Å²) >= 11 is 0.359. The van der Waals surface area contributed by atoms with Crippen molar-refractivity contribution in [1.82, 2.24) is 20.9 Å². The number of amides is 6. The zero-order valence-electron chi connectivity index (χ0n) is 27.1. The van der Waals surface area contributed by atoms with E-state index in [0.717, 1.165) is 12.1 Å². The number of rotatable bonds is 14. The Morgan fingerprint density at radius 1 is 1.00 bits per heavy atom. The van der Waals surface area contributed by atoms with Crippen LogP contribution in [0.2, 0.25) is 0 Å². The molecule has 2 rings (SSSR count). The van der Waals surface area contributed by atoms with Crippen molar-refractivity contribution < 1.29 is 51.5 Å². The SMILES string of the molecule is CC(C)[C@@H](NC(=O)OC(C)(C)C)C(=O)N[C@H](CCCNC(N)=O)C(=O)Nc1nc(C(F)(F)F)c(COC(=O)Nc2ccc([N+](=O)[O-])cc2)s1. The van der Waals surface area contributed by atoms with Crippen LogP contribution in [0.4, 0.5) is 44.1 Å². The van der Waals surface area contributed by atoms with Crippen LogP contribution in [0.1, 0.15) is 58.0 Å². The maximum atomic E-state index is 13.8. The highest BCUT2D eigenvalue weighted by Crippen LogP contribution is 2.36. The number of nitro benzene ring substituents is 1. The molecular formula is C28H37F3N8O9S. The number of benzene rings is 1. The molecule has 0 bridgehead atoms. The quantitative estimate of drug-likeness (QED) is 0.0921. The van der Waals surface area contributed by atoms with Gasteiger partial charge in [0.25, 0.3) is 5.69 Å². The molecule has 0 saturated heterocycles. The fourth-order valence-electron chi connectivity index (χ4n) is 3.89. The average molecular weight is 719 g/mol. The van der Waals surface area contributed by atoms with Gasteiger partial charge in [0.15, 0.2) is 10.8 Å². The molecule has 270 valence electrons. The Hall–Kier alpha value is -5.21. The largest absolute Gasteiger partial charge is 0.444 e. The number of nitrogens with two attached hydrogens (primary N) is 1. The van der Waals surface area contributed by atoms with Crippen LogP contribution in [-0.2, 0) is 31.8 Å². The van der Waals surface area contributed by atoms with Crippen LogP contribution >= 0.6 is 11.3 Å². The number of nitrogens with zero attached hydrogens (tertiary/aromatic N) is 2. The standard InChI is InChI=1S/C28H37F3N8O9S/c1-14(2)19(36-26(44)48-27(3,4)5)22(41)35-17(7-6-12-33-23(32)42)21(40)38-24-37-20(28(29,30)31)18(49-24)13-47-25(43)34-15-8-10-16(11-9-15)39(45)46/h8-11,14,17,19H,6-7,12-13H2,1-5H3,(H,34,43)(H,35,41)(H,36,44)(H3,32,33,42)(H,37,38,40)/t17-,19-/m1/s1. The lowest BCUT2D eigenvalue weighted by molar-refractivity contribution is -0.384. The first-order valence-corrected chi connectivity index (χ1v) is 15.4. The number of carbonyl (C=O) groups excluding carboxylic acids is 5. The summed E-state index contributed by atoms with van der Waals surface area (Å²) < 4.78 is 51.5. The van der Waals surface area contributed by atoms with Crippen molar-refractivity contribution in [3.8, 4) is 0 Å². The molecule has 49 heavy (non-hydrogen) atoms. The number of urea groups is 1. The van der Waals surface area contributed by atoms with Crippen LogP contribution in [0.25, 0.3) is 0 Å². The Labute approximate surface area is 282 Å². The summed E-state index contributed by atoms with van der Waals surface area (Å²) in [5, 5.41) is 21.9. The normalized spacial score (nSPS) is 12.7. The van der Waals surface area contributed by atoms with Gasteiger partial charge in [-0.3, -0.25) is 25.0 Å². The number of hydrogen-bond acceptors (Lipinski definition) is 11. The molecule has 7 N–H and O–H groups in total. The summed E-state index contributed by atoms with van der Waals surface area (Å²) in [4.78, 5) is 75.1. The highest BCUT2D eigenvalue weighted by Gasteiger charge is 2.38. The Morgan fingerprint density at radius 2 is 1.63 bits per heavy atom. The Kier molecular flexibility index (Phi) is 14.1. The number of alkyl carbamates (subject to hydrolysis) is 1. The summed E-state index contributed by atoms with van der Waals surface area (Å²) in [6.07, 6.45) is -7.11. The lowest BCUT2D eigenvalue weighted by Crippen LogP contribution is -2.55. The summed E-state index contributed by atoms with van der Waals surface area (Å²) in [7, 11) is 0. The van der Waals surface area contributed by atoms with E-state index in [-0.39, 0.29) is 30.8 Å². The van der Waals surface area contributed by atoms with Gasteiger partial charge in [-0.25, -0.2) is 19.4 Å². The van der Waals surface area contributed by atoms with E-state index in [1.165, 1.54) is 12.1 Å². The zero-order valence-corrected chi connectivity index (χ0v) is 27.9. The molecule has 6 amide bonds. The number of carbonyl (C=O) groups is 5. The molecule has 1 aromatic heterocycles. The number of ether oxygens (including phenoxy) is 2. The number of halogens is 3. The van der Waals surface area contributed by atoms with Crippen molar-refractivity contribution in [3.63, 3.8) is 0 Å². The van der Waals surface area contributed by atoms with E-state index < -0.39 is 87.0 Å². The minimum Gasteiger partial charge on any atom is -0.444 e. The first kappa shape index (κ1) is 40.0. The second-order valence-corrected chi connectivity index (χ2v) is 12.7. The number of thiazole rings is 1. The predicted molar refractivity (Wildman–Crippen MR) is 169 cm³/mol. The molecule has 0 aliphatic carbocycles. The van der Waals surface area contributed by atoms with Crippen molar-refractivity contribution >= 4 is 57.9 Å². The van der Waals surface area contributed by atoms with Crippen molar-refractivity contribution in [2.75, 3.05) is 17.2 Å². The summed E-state index contributed by atoms with van der Waals surface area (Å²) in [6, 6.07) is 1.18. The topological polar surface area (TPSA) is 246 Å². The number of nitro groups is 1. The molecule has 0 unspecified atom stereocenters. The van der Waals surface area contributed by atoms with E-state index in [4.69, 9.17) is 15.2 Å². The molecule has 0 saturated carbocycles. The Balaban J connectivity index is 2.21. The molecule has 1 heterocycles. The van der Waals surface area contributed by atoms with Gasteiger partial charge in [0.1, 0.15) is 24.3 Å². The van der Waals surface area contributed by atoms with Gasteiger partial charge in [-0.05, 0) is 51.7 Å². The molecular weight excluding hydrogens is 681 g/mol. The van der Waals surface area contributed by atoms with Gasteiger partial charge in [0.2, 0.25) is 11.8 Å². The highest BCUT2D eigenvalue weighted by molar-refractivity contribution is 7.15. The molecule has 21 heteroatoms. The minimum absolute atomic E-state index is 0.00233. The van der Waals surface area contributed by atoms with Crippen molar-refractivity contribution in [3.05, 3.63) is 45.0 Å². The van der Waals surface area contributed by atoms with E-state index in [1.807, 2.05) is 0 Å². The first-order valence-electron chi connectivity index (χ1n) is 14.6. The Morgan fingerprint density at radius 3 is 2.16 bits per heavy atom. The number of nitrogens with one attached hydrogen (secondary N) is 5. The van der Waals surface area contributed by atoms with Gasteiger partial charge in [-0.15, -0.1) is 0 Å². The van der Waals surface area contributed by atoms with E-state index in [0.29, 0.717) is 11.3 Å². The molecule has 0 radical (unpaired) electrons. The van der Waals surface area contributed by atoms with Crippen molar-refractivity contribution in [2.24, 2.45) is 11.7 Å². The number of anilines is 2. The molecule has 0 aliphatic heterocycles. The smallest absolute Gasteiger partial charge is 0.434 e. The molecule has 2 atom stereocenters. The van der Waals surface area contributed by atoms with Gasteiger partial charge in [-0.2, -0.15) is 13.2 Å². The van der Waals surface area contributed by atoms with Gasteiger partial charge in [0.05, 0.1) is 9.80 Å². The zero-order chi connectivity index (χ0) is 37.1. The van der Waals surface area contributed by atoms with Crippen LogP contribution in [-0.4, -0.2) is 64.2 Å². The molecule has 0 aliphatic rings. The minimum atomic E-state index is -5.02. The molecule has 0 spiro atoms. The van der Waals surface area contributed by atoms with Gasteiger partial charge in [-0.1, -0.05) is 25.2 Å². The summed E-state index contributed by atoms with van der Waals surface area (Å²) in [5.74, 6) is -2.26. The second kappa shape index (κ2) is 17.3. The van der Waals surface area contributed by atoms with Crippen molar-refractivity contribution in [2.45, 2.75) is 77.9 Å². The van der Waals surface area contributed by atoms with Crippen LogP contribution in [0, 0.1) is 16.0 Å². The van der Waals surface area contributed by atoms with Crippen LogP contribution in [0.3, 0.4) is 0 Å². The molecule has 0 fully saturated rings. The lowest BCUT2D eigenvalue weighted by Gasteiger charge is -2.27. The molecule has 17 nitrogen and oxygen atoms in total. The number of hydrogen-bond donors (Lipinski definition) is 6. The van der Waals surface area contributed by atoms with Crippen LogP contribution < -0.4 is 32.3 Å². The first-order chi connectivity index (χ1) is 22.7.